The Balaban J connectivity index is 1.82. The van der Waals surface area contributed by atoms with E-state index in [9.17, 15) is 14.7 Å². The summed E-state index contributed by atoms with van der Waals surface area (Å²) in [7, 11) is 1.42. The molecule has 0 saturated carbocycles. The highest BCUT2D eigenvalue weighted by molar-refractivity contribution is 6.30. The van der Waals surface area contributed by atoms with Crippen LogP contribution in [-0.2, 0) is 16.0 Å². The van der Waals surface area contributed by atoms with Gasteiger partial charge in [0.2, 0.25) is 5.76 Å². The van der Waals surface area contributed by atoms with E-state index < -0.39 is 23.3 Å². The minimum Gasteiger partial charge on any atom is -0.481 e. The van der Waals surface area contributed by atoms with E-state index in [1.165, 1.54) is 13.2 Å². The Morgan fingerprint density at radius 3 is 2.51 bits per heavy atom. The number of ether oxygens (including phenoxy) is 2. The van der Waals surface area contributed by atoms with Gasteiger partial charge in [0.15, 0.2) is 0 Å². The fourth-order valence-electron chi connectivity index (χ4n) is 3.76. The molecule has 2 aromatic carbocycles. The number of hydrogen-bond acceptors (Lipinski definition) is 6. The number of amides is 1. The average Bonchev–Trinajstić information content (AvgIpc) is 3.33. The lowest BCUT2D eigenvalue weighted by Crippen LogP contribution is -2.44. The zero-order valence-corrected chi connectivity index (χ0v) is 20.7. The quantitative estimate of drug-likeness (QED) is 0.365. The molecular weight excluding hydrogens is 472 g/mol. The summed E-state index contributed by atoms with van der Waals surface area (Å²) < 4.78 is 15.5. The lowest BCUT2D eigenvalue weighted by atomic mass is 9.82. The van der Waals surface area contributed by atoms with Gasteiger partial charge in [-0.3, -0.25) is 9.59 Å². The molecule has 0 saturated heterocycles. The Bertz CT molecular complexity index is 1150. The SMILES string of the molecule is CCOC[C@](C)(C[C@@H](Cc1ccc(-c2cccc(Cl)c2)cc1)NC(=O)c1cc(OC)no1)C(=O)O. The third-order valence-corrected chi connectivity index (χ3v) is 5.92. The van der Waals surface area contributed by atoms with E-state index in [0.29, 0.717) is 18.1 Å². The molecule has 0 spiro atoms. The maximum Gasteiger partial charge on any atom is 0.311 e. The topological polar surface area (TPSA) is 111 Å². The molecule has 0 radical (unpaired) electrons. The van der Waals surface area contributed by atoms with E-state index in [-0.39, 0.29) is 24.7 Å². The number of halogens is 1. The lowest BCUT2D eigenvalue weighted by molar-refractivity contribution is -0.152. The predicted molar refractivity (Wildman–Crippen MR) is 132 cm³/mol. The minimum atomic E-state index is -1.20. The van der Waals surface area contributed by atoms with E-state index in [1.54, 1.807) is 13.8 Å². The van der Waals surface area contributed by atoms with Crippen molar-refractivity contribution in [1.82, 2.24) is 10.5 Å². The van der Waals surface area contributed by atoms with Crippen molar-refractivity contribution in [2.24, 2.45) is 5.41 Å². The number of hydrogen-bond donors (Lipinski definition) is 2. The number of nitrogens with zero attached hydrogens (tertiary/aromatic N) is 1. The second-order valence-corrected chi connectivity index (χ2v) is 8.96. The maximum atomic E-state index is 12.8. The predicted octanol–water partition coefficient (Wildman–Crippen LogP) is 4.86. The molecule has 1 aromatic heterocycles. The molecule has 0 aliphatic rings. The van der Waals surface area contributed by atoms with E-state index in [2.05, 4.69) is 10.5 Å². The first-order valence-electron chi connectivity index (χ1n) is 11.2. The number of carbonyl (C=O) groups excluding carboxylic acids is 1. The van der Waals surface area contributed by atoms with Crippen LogP contribution in [0.5, 0.6) is 5.88 Å². The molecule has 0 aliphatic carbocycles. The highest BCUT2D eigenvalue weighted by Gasteiger charge is 2.37. The van der Waals surface area contributed by atoms with Gasteiger partial charge in [-0.1, -0.05) is 48.0 Å². The van der Waals surface area contributed by atoms with Crippen molar-refractivity contribution < 1.29 is 28.7 Å². The number of carboxylic acids is 1. The summed E-state index contributed by atoms with van der Waals surface area (Å²) in [6.07, 6.45) is 0.553. The van der Waals surface area contributed by atoms with E-state index in [0.717, 1.165) is 16.7 Å². The summed E-state index contributed by atoms with van der Waals surface area (Å²) >= 11 is 6.11. The number of carboxylic acid groups (broad SMARTS) is 1. The number of nitrogens with one attached hydrogen (secondary N) is 1. The molecule has 0 aliphatic heterocycles. The summed E-state index contributed by atoms with van der Waals surface area (Å²) in [6, 6.07) is 16.3. The summed E-state index contributed by atoms with van der Waals surface area (Å²) in [5.41, 5.74) is 1.72. The van der Waals surface area contributed by atoms with E-state index in [1.807, 2.05) is 48.5 Å². The van der Waals surface area contributed by atoms with Crippen LogP contribution in [-0.4, -0.2) is 48.5 Å². The Kier molecular flexibility index (Phi) is 8.89. The molecule has 9 heteroatoms. The van der Waals surface area contributed by atoms with Gasteiger partial charge in [-0.15, -0.1) is 0 Å². The lowest BCUT2D eigenvalue weighted by Gasteiger charge is -2.30. The summed E-state index contributed by atoms with van der Waals surface area (Å²) in [6.45, 7) is 3.84. The van der Waals surface area contributed by atoms with Crippen molar-refractivity contribution in [1.29, 1.82) is 0 Å². The summed E-state index contributed by atoms with van der Waals surface area (Å²) in [5.74, 6) is -1.35. The third-order valence-electron chi connectivity index (χ3n) is 5.69. The highest BCUT2D eigenvalue weighted by atomic mass is 35.5. The molecule has 1 heterocycles. The van der Waals surface area contributed by atoms with Crippen LogP contribution in [0.4, 0.5) is 0 Å². The van der Waals surface area contributed by atoms with Gasteiger partial charge in [0, 0.05) is 17.7 Å². The monoisotopic (exact) mass is 500 g/mol. The second-order valence-electron chi connectivity index (χ2n) is 8.52. The fraction of sp³-hybridized carbons (Fsp3) is 0.346. The first kappa shape index (κ1) is 26.2. The number of aliphatic carboxylic acids is 1. The normalized spacial score (nSPS) is 13.6. The Labute approximate surface area is 209 Å². The van der Waals surface area contributed by atoms with Crippen molar-refractivity contribution in [3.05, 3.63) is 70.9 Å². The van der Waals surface area contributed by atoms with Gasteiger partial charge in [-0.25, -0.2) is 0 Å². The minimum absolute atomic E-state index is 0.0229. The molecule has 0 fully saturated rings. The molecule has 35 heavy (non-hydrogen) atoms. The molecule has 8 nitrogen and oxygen atoms in total. The van der Waals surface area contributed by atoms with Gasteiger partial charge in [-0.05, 0) is 60.7 Å². The van der Waals surface area contributed by atoms with Crippen LogP contribution < -0.4 is 10.1 Å². The highest BCUT2D eigenvalue weighted by Crippen LogP contribution is 2.28. The van der Waals surface area contributed by atoms with Crippen molar-refractivity contribution in [2.75, 3.05) is 20.3 Å². The third kappa shape index (κ3) is 7.07. The zero-order chi connectivity index (χ0) is 25.4. The second kappa shape index (κ2) is 11.9. The van der Waals surface area contributed by atoms with Crippen molar-refractivity contribution in [3.63, 3.8) is 0 Å². The standard InChI is InChI=1S/C26H29ClN2O6/c1-4-34-16-26(2,25(31)32)15-21(28-24(30)22-14-23(33-3)29-35-22)12-17-8-10-18(11-9-17)19-6-5-7-20(27)13-19/h5-11,13-14,21H,4,12,15-16H2,1-3H3,(H,28,30)(H,31,32)/t21-,26+/m1/s1. The Morgan fingerprint density at radius 1 is 1.17 bits per heavy atom. The van der Waals surface area contributed by atoms with Gasteiger partial charge < -0.3 is 24.4 Å². The number of aromatic nitrogens is 1. The first-order chi connectivity index (χ1) is 16.7. The molecule has 186 valence electrons. The molecule has 0 bridgehead atoms. The number of methoxy groups -OCH3 is 1. The van der Waals surface area contributed by atoms with Gasteiger partial charge in [0.1, 0.15) is 0 Å². The molecule has 0 unspecified atom stereocenters. The van der Waals surface area contributed by atoms with Crippen LogP contribution >= 0.6 is 11.6 Å². The number of carbonyl (C=O) groups is 2. The molecule has 1 amide bonds. The first-order valence-corrected chi connectivity index (χ1v) is 11.6. The van der Waals surface area contributed by atoms with Crippen molar-refractivity contribution in [2.45, 2.75) is 32.7 Å². The molecule has 2 atom stereocenters. The fourth-order valence-corrected chi connectivity index (χ4v) is 3.95. The van der Waals surface area contributed by atoms with Gasteiger partial charge in [0.25, 0.3) is 11.8 Å². The largest absolute Gasteiger partial charge is 0.481 e. The Hall–Kier alpha value is -3.36. The summed E-state index contributed by atoms with van der Waals surface area (Å²) in [5, 5.41) is 17.1. The average molecular weight is 501 g/mol. The number of benzene rings is 2. The zero-order valence-electron chi connectivity index (χ0n) is 19.9. The molecule has 3 rings (SSSR count). The van der Waals surface area contributed by atoms with Crippen molar-refractivity contribution in [3.8, 4) is 17.0 Å². The van der Waals surface area contributed by atoms with Crippen LogP contribution in [0.2, 0.25) is 5.02 Å². The molecule has 2 N–H and O–H groups in total. The molecular formula is C26H29ClN2O6. The van der Waals surface area contributed by atoms with E-state index in [4.69, 9.17) is 25.6 Å². The van der Waals surface area contributed by atoms with Crippen LogP contribution in [0.25, 0.3) is 11.1 Å². The maximum absolute atomic E-state index is 12.8. The van der Waals surface area contributed by atoms with Crippen LogP contribution in [0.15, 0.2) is 59.1 Å². The van der Waals surface area contributed by atoms with Crippen LogP contribution in [0.3, 0.4) is 0 Å². The van der Waals surface area contributed by atoms with Gasteiger partial charge in [-0.2, -0.15) is 0 Å². The van der Waals surface area contributed by atoms with E-state index >= 15 is 0 Å². The van der Waals surface area contributed by atoms with Crippen LogP contribution in [0.1, 0.15) is 36.4 Å². The number of rotatable bonds is 12. The van der Waals surface area contributed by atoms with Gasteiger partial charge >= 0.3 is 5.97 Å². The Morgan fingerprint density at radius 2 is 1.91 bits per heavy atom. The van der Waals surface area contributed by atoms with Gasteiger partial charge in [0.05, 0.1) is 25.2 Å². The van der Waals surface area contributed by atoms with Crippen molar-refractivity contribution >= 4 is 23.5 Å². The summed E-state index contributed by atoms with van der Waals surface area (Å²) in [4.78, 5) is 24.9. The molecule has 3 aromatic rings. The smallest absolute Gasteiger partial charge is 0.311 e. The van der Waals surface area contributed by atoms with Crippen LogP contribution in [0, 0.1) is 5.41 Å².